The number of azide groups is 2. The molecule has 2 aromatic rings. The molecule has 0 heterocycles. The summed E-state index contributed by atoms with van der Waals surface area (Å²) in [5, 5.41) is 0. The molecule has 0 saturated carbocycles. The van der Waals surface area contributed by atoms with E-state index < -0.39 is 20.0 Å². The van der Waals surface area contributed by atoms with Crippen LogP contribution in [0.25, 0.3) is 20.9 Å². The second kappa shape index (κ2) is 35.0. The molecule has 0 atom stereocenters. The predicted molar refractivity (Wildman–Crippen MR) is 254 cm³/mol. The van der Waals surface area contributed by atoms with Gasteiger partial charge in [0.15, 0.2) is 0 Å². The van der Waals surface area contributed by atoms with Crippen molar-refractivity contribution in [3.63, 3.8) is 0 Å². The van der Waals surface area contributed by atoms with E-state index in [1.54, 1.807) is 24.3 Å². The zero-order valence-electron chi connectivity index (χ0n) is 38.5. The lowest BCUT2D eigenvalue weighted by molar-refractivity contribution is 0.287. The van der Waals surface area contributed by atoms with Crippen LogP contribution in [0, 0.1) is 0 Å². The Morgan fingerprint density at radius 2 is 0.694 bits per heavy atom. The third-order valence-corrected chi connectivity index (χ3v) is 14.1. The van der Waals surface area contributed by atoms with Gasteiger partial charge in [-0.2, -0.15) is 0 Å². The van der Waals surface area contributed by atoms with Gasteiger partial charge in [-0.05, 0) is 110 Å². The molecule has 0 aliphatic rings. The Morgan fingerprint density at radius 1 is 0.419 bits per heavy atom. The molecule has 0 aliphatic heterocycles. The van der Waals surface area contributed by atoms with Crippen LogP contribution in [0.3, 0.4) is 0 Å². The van der Waals surface area contributed by atoms with E-state index in [1.165, 1.54) is 141 Å². The highest BCUT2D eigenvalue weighted by Gasteiger charge is 2.19. The van der Waals surface area contributed by atoms with Gasteiger partial charge in [-0.25, -0.2) is 16.8 Å². The van der Waals surface area contributed by atoms with Gasteiger partial charge in [-0.1, -0.05) is 168 Å². The minimum atomic E-state index is -4.11. The fraction of sp³-hybridized carbons (Fsp3) is 0.750. The van der Waals surface area contributed by atoms with E-state index in [2.05, 4.69) is 32.7 Å². The summed E-state index contributed by atoms with van der Waals surface area (Å²) in [7, 11) is -8.23. The van der Waals surface area contributed by atoms with Crippen LogP contribution in [0.5, 0.6) is 11.5 Å². The molecule has 0 radical (unpaired) electrons. The van der Waals surface area contributed by atoms with Crippen molar-refractivity contribution in [1.82, 2.24) is 0 Å². The number of ether oxygens (including phenoxy) is 2. The van der Waals surface area contributed by atoms with Gasteiger partial charge in [-0.3, -0.25) is 0 Å². The van der Waals surface area contributed by atoms with Crippen LogP contribution in [0.1, 0.15) is 218 Å². The topological polar surface area (TPSA) is 184 Å². The molecule has 14 heteroatoms. The Kier molecular flexibility index (Phi) is 30.9. The van der Waals surface area contributed by atoms with Crippen molar-refractivity contribution < 1.29 is 26.3 Å². The van der Waals surface area contributed by atoms with Crippen molar-refractivity contribution >= 4 is 20.0 Å². The van der Waals surface area contributed by atoms with Crippen molar-refractivity contribution in [3.05, 3.63) is 68.4 Å². The number of hydrogen-bond acceptors (Lipinski definition) is 6. The van der Waals surface area contributed by atoms with Crippen molar-refractivity contribution in [2.45, 2.75) is 229 Å². The summed E-state index contributed by atoms with van der Waals surface area (Å²) in [6.07, 6.45) is 36.6. The second-order valence-electron chi connectivity index (χ2n) is 16.9. The summed E-state index contributed by atoms with van der Waals surface area (Å²) < 4.78 is 69.0. The molecule has 0 unspecified atom stereocenters. The summed E-state index contributed by atoms with van der Waals surface area (Å²) in [5.74, 6) is 1.19. The Hall–Kier alpha value is -3.44. The van der Waals surface area contributed by atoms with Gasteiger partial charge in [0, 0.05) is 18.9 Å². The molecule has 0 fully saturated rings. The molecule has 2 aromatic carbocycles. The summed E-state index contributed by atoms with van der Waals surface area (Å²) in [6.45, 7) is 5.45. The van der Waals surface area contributed by atoms with Crippen molar-refractivity contribution in [1.29, 1.82) is 0 Å². The van der Waals surface area contributed by atoms with Crippen LogP contribution in [-0.2, 0) is 32.9 Å². The average Bonchev–Trinajstić information content (AvgIpc) is 3.25. The van der Waals surface area contributed by atoms with Gasteiger partial charge in [0.25, 0.3) is 20.0 Å². The van der Waals surface area contributed by atoms with E-state index in [0.29, 0.717) is 48.7 Å². The number of benzene rings is 2. The molecule has 350 valence electrons. The average molecular weight is 901 g/mol. The zero-order chi connectivity index (χ0) is 45.0. The van der Waals surface area contributed by atoms with Gasteiger partial charge in [0.2, 0.25) is 0 Å². The molecule has 0 N–H and O–H groups in total. The maximum absolute atomic E-state index is 12.7. The van der Waals surface area contributed by atoms with Gasteiger partial charge < -0.3 is 9.47 Å². The first kappa shape index (κ1) is 54.7. The Labute approximate surface area is 376 Å². The lowest BCUT2D eigenvalue weighted by Gasteiger charge is -2.13. The molecular formula is C48H80N6O6S2. The van der Waals surface area contributed by atoms with Crippen LogP contribution >= 0.6 is 0 Å². The molecule has 0 aromatic heterocycles. The lowest BCUT2D eigenvalue weighted by atomic mass is 10.0. The lowest BCUT2D eigenvalue weighted by Crippen LogP contribution is -2.05. The fourth-order valence-electron chi connectivity index (χ4n) is 7.97. The molecule has 2 rings (SSSR count). The molecule has 62 heavy (non-hydrogen) atoms. The SMILES string of the molecule is CCCCCCCCCCCCCCCc1cc(OCCCCCCOc2ccc(S(=O)(=O)N=[N+]=[N-])c(CCCCCCCCCCCCCCC)c2)ccc1S(=O)(=O)N=[N+]=[N-]. The second-order valence-corrected chi connectivity index (χ2v) is 20.0. The van der Waals surface area contributed by atoms with Crippen molar-refractivity contribution in [2.75, 3.05) is 13.2 Å². The molecule has 0 saturated heterocycles. The molecule has 0 bridgehead atoms. The Bertz CT molecular complexity index is 1680. The monoisotopic (exact) mass is 901 g/mol. The maximum atomic E-state index is 12.7. The highest BCUT2D eigenvalue weighted by molar-refractivity contribution is 7.90. The van der Waals surface area contributed by atoms with Crippen molar-refractivity contribution in [2.24, 2.45) is 9.04 Å². The summed E-state index contributed by atoms with van der Waals surface area (Å²) >= 11 is 0. The third kappa shape index (κ3) is 25.0. The standard InChI is InChI=1S/C48H80N6O6S2/c1-3-5-7-9-11-13-15-17-19-21-23-25-29-33-43-41-45(35-37-47(43)61(55,56)53-51-49)59-39-31-27-28-32-40-60-46-36-38-48(62(57,58)54-52-50)44(42-46)34-30-26-24-22-20-18-16-14-12-10-8-6-4-2/h35-38,41-42H,3-34,39-40H2,1-2H3. The van der Waals surface area contributed by atoms with Crippen LogP contribution in [-0.4, -0.2) is 30.0 Å². The fourth-order valence-corrected chi connectivity index (χ4v) is 9.81. The molecule has 0 aliphatic carbocycles. The van der Waals surface area contributed by atoms with E-state index in [9.17, 15) is 16.8 Å². The van der Waals surface area contributed by atoms with Gasteiger partial charge >= 0.3 is 0 Å². The number of sulfonamides is 2. The minimum absolute atomic E-state index is 0.0419. The minimum Gasteiger partial charge on any atom is -0.494 e. The maximum Gasteiger partial charge on any atom is 0.264 e. The van der Waals surface area contributed by atoms with Gasteiger partial charge in [0.1, 0.15) is 11.5 Å². The normalized spacial score (nSPS) is 11.6. The van der Waals surface area contributed by atoms with E-state index >= 15 is 0 Å². The van der Waals surface area contributed by atoms with Gasteiger partial charge in [0.05, 0.1) is 23.0 Å². The number of rotatable bonds is 41. The number of hydrogen-bond donors (Lipinski definition) is 0. The van der Waals surface area contributed by atoms with E-state index in [1.807, 2.05) is 0 Å². The number of unbranched alkanes of at least 4 members (excludes halogenated alkanes) is 27. The highest BCUT2D eigenvalue weighted by Crippen LogP contribution is 2.28. The number of nitrogens with zero attached hydrogens (tertiary/aromatic N) is 6. The largest absolute Gasteiger partial charge is 0.494 e. The number of aryl methyl sites for hydroxylation is 2. The first-order chi connectivity index (χ1) is 30.2. The zero-order valence-corrected chi connectivity index (χ0v) is 40.1. The molecule has 0 amide bonds. The van der Waals surface area contributed by atoms with Crippen LogP contribution in [0.15, 0.2) is 55.2 Å². The first-order valence-electron chi connectivity index (χ1n) is 24.3. The smallest absolute Gasteiger partial charge is 0.264 e. The highest BCUT2D eigenvalue weighted by atomic mass is 32.2. The van der Waals surface area contributed by atoms with Crippen LogP contribution in [0.2, 0.25) is 0 Å². The van der Waals surface area contributed by atoms with Crippen LogP contribution < -0.4 is 9.47 Å². The van der Waals surface area contributed by atoms with Gasteiger partial charge in [-0.15, -0.1) is 0 Å². The molecule has 12 nitrogen and oxygen atoms in total. The van der Waals surface area contributed by atoms with E-state index in [-0.39, 0.29) is 9.79 Å². The van der Waals surface area contributed by atoms with E-state index in [0.717, 1.165) is 64.2 Å². The quantitative estimate of drug-likeness (QED) is 0.0277. The molecule has 0 spiro atoms. The summed E-state index contributed by atoms with van der Waals surface area (Å²) in [4.78, 5) is 5.17. The first-order valence-corrected chi connectivity index (χ1v) is 27.2. The Morgan fingerprint density at radius 3 is 0.984 bits per heavy atom. The summed E-state index contributed by atoms with van der Waals surface area (Å²) in [5.41, 5.74) is 18.9. The van der Waals surface area contributed by atoms with E-state index in [4.69, 9.17) is 20.5 Å². The molecular weight excluding hydrogens is 821 g/mol. The summed E-state index contributed by atoms with van der Waals surface area (Å²) in [6, 6.07) is 9.75. The Balaban J connectivity index is 1.74. The van der Waals surface area contributed by atoms with Crippen molar-refractivity contribution in [3.8, 4) is 11.5 Å². The predicted octanol–water partition coefficient (Wildman–Crippen LogP) is 16.0. The van der Waals surface area contributed by atoms with Crippen LogP contribution in [0.4, 0.5) is 0 Å². The third-order valence-electron chi connectivity index (χ3n) is 11.6.